The Balaban J connectivity index is 1.94. The van der Waals surface area contributed by atoms with Crippen molar-refractivity contribution in [2.75, 3.05) is 12.9 Å². The Hall–Kier alpha value is -4.79. The predicted octanol–water partition coefficient (Wildman–Crippen LogP) is 3.92. The summed E-state index contributed by atoms with van der Waals surface area (Å²) in [6.45, 7) is 2.66. The molecule has 0 unspecified atom stereocenters. The number of alkyl halides is 3. The quantitative estimate of drug-likeness (QED) is 0.255. The van der Waals surface area contributed by atoms with Crippen molar-refractivity contribution in [1.29, 1.82) is 0 Å². The zero-order valence-corrected chi connectivity index (χ0v) is 23.9. The lowest BCUT2D eigenvalue weighted by atomic mass is 10.1. The van der Waals surface area contributed by atoms with E-state index in [0.717, 1.165) is 29.0 Å². The van der Waals surface area contributed by atoms with Gasteiger partial charge in [0.05, 0.1) is 30.5 Å². The first kappa shape index (κ1) is 31.2. The van der Waals surface area contributed by atoms with Gasteiger partial charge >= 0.3 is 12.1 Å². The maximum absolute atomic E-state index is 13.8. The van der Waals surface area contributed by atoms with Crippen LogP contribution in [0, 0.1) is 6.92 Å². The van der Waals surface area contributed by atoms with E-state index >= 15 is 0 Å². The van der Waals surface area contributed by atoms with Crippen molar-refractivity contribution >= 4 is 21.9 Å². The van der Waals surface area contributed by atoms with Crippen LogP contribution in [0.3, 0.4) is 0 Å². The topological polar surface area (TPSA) is 142 Å². The van der Waals surface area contributed by atoms with Crippen molar-refractivity contribution in [2.24, 2.45) is 0 Å². The Labute approximate surface area is 243 Å². The van der Waals surface area contributed by atoms with Gasteiger partial charge in [-0.3, -0.25) is 19.0 Å². The number of pyridine rings is 1. The van der Waals surface area contributed by atoms with Crippen molar-refractivity contribution in [2.45, 2.75) is 33.0 Å². The summed E-state index contributed by atoms with van der Waals surface area (Å²) in [5, 5.41) is 7.67. The number of rotatable bonds is 9. The molecule has 0 radical (unpaired) electrons. The van der Waals surface area contributed by atoms with Gasteiger partial charge in [0.15, 0.2) is 0 Å². The van der Waals surface area contributed by atoms with E-state index < -0.39 is 57.7 Å². The third-order valence-electron chi connectivity index (χ3n) is 6.20. The van der Waals surface area contributed by atoms with Gasteiger partial charge in [-0.1, -0.05) is 36.4 Å². The Bertz CT molecular complexity index is 1840. The molecule has 15 heteroatoms. The van der Waals surface area contributed by atoms with E-state index in [0.29, 0.717) is 15.9 Å². The Morgan fingerprint density at radius 2 is 1.74 bits per heavy atom. The van der Waals surface area contributed by atoms with Crippen LogP contribution in [0.4, 0.5) is 13.2 Å². The number of esters is 1. The summed E-state index contributed by atoms with van der Waals surface area (Å²) in [6.07, 6.45) is -4.35. The first-order valence-electron chi connectivity index (χ1n) is 12.7. The van der Waals surface area contributed by atoms with Crippen LogP contribution in [0.2, 0.25) is 0 Å². The zero-order chi connectivity index (χ0) is 31.5. The summed E-state index contributed by atoms with van der Waals surface area (Å²) in [5.74, 6) is -2.34. The molecule has 2 aromatic carbocycles. The van der Waals surface area contributed by atoms with Gasteiger partial charge in [-0.2, -0.15) is 13.2 Å². The molecule has 0 N–H and O–H groups in total. The highest BCUT2D eigenvalue weighted by molar-refractivity contribution is 7.88. The van der Waals surface area contributed by atoms with Crippen molar-refractivity contribution in [3.05, 3.63) is 99.3 Å². The Kier molecular flexibility index (Phi) is 8.85. The third kappa shape index (κ3) is 6.99. The van der Waals surface area contributed by atoms with Crippen LogP contribution in [0.1, 0.15) is 40.0 Å². The minimum atomic E-state index is -4.75. The van der Waals surface area contributed by atoms with Gasteiger partial charge in [0.25, 0.3) is 11.5 Å². The molecule has 11 nitrogen and oxygen atoms in total. The van der Waals surface area contributed by atoms with E-state index in [1.165, 1.54) is 13.0 Å². The average Bonchev–Trinajstić information content (AvgIpc) is 3.39. The summed E-state index contributed by atoms with van der Waals surface area (Å²) in [5.41, 5.74) is -2.72. The standard InChI is InChI=1S/C28H25F3N4O7S/c1-4-41-24(36)15-23-32-33-25(42-23)21-14-22(26(37)34(43(3,39)40)16-18-9-6-5-7-10-18)27(38)35(17(21)2)20-12-8-11-19(13-20)28(29,30)31/h5-14H,4,15-16H2,1-3H3. The third-order valence-corrected chi connectivity index (χ3v) is 7.30. The van der Waals surface area contributed by atoms with Crippen LogP contribution < -0.4 is 5.56 Å². The lowest BCUT2D eigenvalue weighted by Crippen LogP contribution is -2.40. The number of aromatic nitrogens is 3. The minimum Gasteiger partial charge on any atom is -0.466 e. The number of nitrogens with zero attached hydrogens (tertiary/aromatic N) is 4. The van der Waals surface area contributed by atoms with Crippen LogP contribution >= 0.6 is 0 Å². The maximum Gasteiger partial charge on any atom is 0.416 e. The van der Waals surface area contributed by atoms with Gasteiger partial charge in [0.1, 0.15) is 12.0 Å². The highest BCUT2D eigenvalue weighted by Gasteiger charge is 2.33. The molecule has 0 atom stereocenters. The van der Waals surface area contributed by atoms with Gasteiger partial charge in [0, 0.05) is 11.4 Å². The molecule has 0 aliphatic heterocycles. The SMILES string of the molecule is CCOC(=O)Cc1nnc(-c2cc(C(=O)N(Cc3ccccc3)S(C)(=O)=O)c(=O)n(-c3cccc(C(F)(F)F)c3)c2C)o1. The predicted molar refractivity (Wildman–Crippen MR) is 147 cm³/mol. The second kappa shape index (κ2) is 12.2. The molecule has 4 rings (SSSR count). The number of hydrogen-bond acceptors (Lipinski definition) is 9. The summed E-state index contributed by atoms with van der Waals surface area (Å²) >= 11 is 0. The van der Waals surface area contributed by atoms with Gasteiger partial charge in [-0.15, -0.1) is 10.2 Å². The van der Waals surface area contributed by atoms with E-state index in [-0.39, 0.29) is 35.3 Å². The van der Waals surface area contributed by atoms with E-state index in [1.54, 1.807) is 37.3 Å². The zero-order valence-electron chi connectivity index (χ0n) is 23.1. The van der Waals surface area contributed by atoms with Gasteiger partial charge in [-0.05, 0) is 43.7 Å². The van der Waals surface area contributed by atoms with Gasteiger partial charge in [-0.25, -0.2) is 12.7 Å². The second-order valence-corrected chi connectivity index (χ2v) is 11.2. The van der Waals surface area contributed by atoms with Crippen molar-refractivity contribution in [3.63, 3.8) is 0 Å². The number of benzene rings is 2. The Morgan fingerprint density at radius 3 is 2.37 bits per heavy atom. The summed E-state index contributed by atoms with van der Waals surface area (Å²) < 4.78 is 77.9. The maximum atomic E-state index is 13.8. The van der Waals surface area contributed by atoms with E-state index in [9.17, 15) is 36.0 Å². The average molecular weight is 619 g/mol. The molecule has 43 heavy (non-hydrogen) atoms. The molecule has 0 bridgehead atoms. The van der Waals surface area contributed by atoms with Crippen LogP contribution in [-0.2, 0) is 38.7 Å². The van der Waals surface area contributed by atoms with Gasteiger partial charge < -0.3 is 9.15 Å². The largest absolute Gasteiger partial charge is 0.466 e. The molecule has 0 spiro atoms. The molecule has 226 valence electrons. The minimum absolute atomic E-state index is 0.00109. The molecular weight excluding hydrogens is 593 g/mol. The molecular formula is C28H25F3N4O7S. The second-order valence-electron chi connectivity index (χ2n) is 9.29. The molecule has 0 aliphatic rings. The fourth-order valence-electron chi connectivity index (χ4n) is 4.20. The first-order valence-corrected chi connectivity index (χ1v) is 14.5. The van der Waals surface area contributed by atoms with Crippen LogP contribution in [0.5, 0.6) is 0 Å². The van der Waals surface area contributed by atoms with E-state index in [2.05, 4.69) is 10.2 Å². The highest BCUT2D eigenvalue weighted by Crippen LogP contribution is 2.31. The molecule has 1 amide bonds. The lowest BCUT2D eigenvalue weighted by molar-refractivity contribution is -0.142. The normalized spacial score (nSPS) is 11.8. The number of carbonyl (C=O) groups excluding carboxylic acids is 2. The Morgan fingerprint density at radius 1 is 1.05 bits per heavy atom. The molecule has 0 saturated heterocycles. The number of halogens is 3. The summed E-state index contributed by atoms with van der Waals surface area (Å²) in [7, 11) is -4.25. The molecule has 4 aromatic rings. The van der Waals surface area contributed by atoms with Crippen LogP contribution in [0.25, 0.3) is 17.1 Å². The number of amides is 1. The van der Waals surface area contributed by atoms with Gasteiger partial charge in [0.2, 0.25) is 21.8 Å². The number of sulfonamides is 1. The molecule has 0 fully saturated rings. The van der Waals surface area contributed by atoms with E-state index in [4.69, 9.17) is 9.15 Å². The number of carbonyl (C=O) groups is 2. The van der Waals surface area contributed by atoms with Crippen LogP contribution in [-0.4, -0.2) is 52.2 Å². The van der Waals surface area contributed by atoms with Crippen molar-refractivity contribution in [3.8, 4) is 17.1 Å². The molecule has 2 aromatic heterocycles. The summed E-state index contributed by atoms with van der Waals surface area (Å²) in [4.78, 5) is 39.5. The lowest BCUT2D eigenvalue weighted by Gasteiger charge is -2.22. The molecule has 2 heterocycles. The number of ether oxygens (including phenoxy) is 1. The monoisotopic (exact) mass is 618 g/mol. The van der Waals surface area contributed by atoms with E-state index in [1.807, 2.05) is 0 Å². The highest BCUT2D eigenvalue weighted by atomic mass is 32.2. The molecule has 0 saturated carbocycles. The van der Waals surface area contributed by atoms with Crippen molar-refractivity contribution < 1.29 is 40.3 Å². The smallest absolute Gasteiger partial charge is 0.416 e. The first-order chi connectivity index (χ1) is 20.2. The van der Waals surface area contributed by atoms with Crippen molar-refractivity contribution in [1.82, 2.24) is 19.1 Å². The number of hydrogen-bond donors (Lipinski definition) is 0. The fourth-order valence-corrected chi connectivity index (χ4v) is 4.98. The molecule has 0 aliphatic carbocycles. The fraction of sp³-hybridized carbons (Fsp3) is 0.250. The summed E-state index contributed by atoms with van der Waals surface area (Å²) in [6, 6.07) is 13.0. The van der Waals surface area contributed by atoms with Crippen LogP contribution in [0.15, 0.2) is 69.9 Å².